The van der Waals surface area contributed by atoms with Gasteiger partial charge in [-0.3, -0.25) is 0 Å². The second-order valence-electron chi connectivity index (χ2n) is 3.05. The maximum Gasteiger partial charge on any atom is 0.416 e. The van der Waals surface area contributed by atoms with Gasteiger partial charge < -0.3 is 4.74 Å². The van der Waals surface area contributed by atoms with Crippen molar-refractivity contribution in [3.05, 3.63) is 35.1 Å². The maximum atomic E-state index is 12.7. The molecular weight excluding hydrogens is 200 g/mol. The molecule has 2 rings (SSSR count). The highest BCUT2D eigenvalue weighted by Crippen LogP contribution is 2.40. The molecule has 0 radical (unpaired) electrons. The molecule has 1 heterocycles. The summed E-state index contributed by atoms with van der Waals surface area (Å²) in [4.78, 5) is 0. The fraction of sp³-hybridized carbons (Fsp3) is 0.333. The van der Waals surface area contributed by atoms with Crippen molar-refractivity contribution in [1.29, 1.82) is 0 Å². The van der Waals surface area contributed by atoms with Gasteiger partial charge in [-0.2, -0.15) is 13.2 Å². The number of hydrogen-bond donors (Lipinski definition) is 0. The van der Waals surface area contributed by atoms with Crippen LogP contribution in [0.15, 0.2) is 18.2 Å². The molecule has 0 aliphatic carbocycles. The summed E-state index contributed by atoms with van der Waals surface area (Å²) >= 11 is 0. The van der Waals surface area contributed by atoms with E-state index in [0.29, 0.717) is 0 Å². The van der Waals surface area contributed by atoms with Crippen LogP contribution in [0.4, 0.5) is 17.6 Å². The van der Waals surface area contributed by atoms with Gasteiger partial charge in [-0.1, -0.05) is 0 Å². The first-order chi connectivity index (χ1) is 6.48. The van der Waals surface area contributed by atoms with Crippen molar-refractivity contribution in [2.75, 3.05) is 6.61 Å². The summed E-state index contributed by atoms with van der Waals surface area (Å²) < 4.78 is 54.6. The third kappa shape index (κ3) is 1.72. The van der Waals surface area contributed by atoms with Crippen molar-refractivity contribution in [3.8, 4) is 0 Å². The fourth-order valence-corrected chi connectivity index (χ4v) is 1.29. The molecule has 5 heteroatoms. The van der Waals surface area contributed by atoms with Gasteiger partial charge in [0.05, 0.1) is 12.2 Å². The van der Waals surface area contributed by atoms with E-state index in [1.54, 1.807) is 0 Å². The summed E-state index contributed by atoms with van der Waals surface area (Å²) in [6.45, 7) is 0.229. The molecule has 0 unspecified atom stereocenters. The van der Waals surface area contributed by atoms with Crippen molar-refractivity contribution in [3.63, 3.8) is 0 Å². The molecule has 14 heavy (non-hydrogen) atoms. The lowest BCUT2D eigenvalue weighted by Gasteiger charge is -2.10. The molecule has 1 aliphatic heterocycles. The minimum Gasteiger partial charge on any atom is -0.368 e. The monoisotopic (exact) mass is 206 g/mol. The Kier molecular flexibility index (Phi) is 1.99. The SMILES string of the molecule is Fc1ccc(C(F)(F)F)c([C@@H]2CO2)c1. The molecule has 1 nitrogen and oxygen atoms in total. The van der Waals surface area contributed by atoms with Crippen LogP contribution >= 0.6 is 0 Å². The molecule has 1 aliphatic rings. The number of ether oxygens (including phenoxy) is 1. The maximum absolute atomic E-state index is 12.7. The smallest absolute Gasteiger partial charge is 0.368 e. The first-order valence-corrected chi connectivity index (χ1v) is 3.97. The van der Waals surface area contributed by atoms with Crippen LogP contribution in [0, 0.1) is 5.82 Å². The Labute approximate surface area is 77.3 Å². The van der Waals surface area contributed by atoms with Crippen LogP contribution in [-0.2, 0) is 10.9 Å². The lowest BCUT2D eigenvalue weighted by Crippen LogP contribution is -2.09. The molecule has 0 N–H and O–H groups in total. The van der Waals surface area contributed by atoms with E-state index >= 15 is 0 Å². The Morgan fingerprint density at radius 1 is 1.29 bits per heavy atom. The molecule has 1 saturated heterocycles. The van der Waals surface area contributed by atoms with Crippen molar-refractivity contribution >= 4 is 0 Å². The third-order valence-electron chi connectivity index (χ3n) is 2.00. The normalized spacial score (nSPS) is 21.0. The van der Waals surface area contributed by atoms with Gasteiger partial charge >= 0.3 is 6.18 Å². The zero-order valence-electron chi connectivity index (χ0n) is 6.94. The van der Waals surface area contributed by atoms with Gasteiger partial charge in [0.15, 0.2) is 0 Å². The van der Waals surface area contributed by atoms with Gasteiger partial charge in [0.25, 0.3) is 0 Å². The number of hydrogen-bond acceptors (Lipinski definition) is 1. The van der Waals surface area contributed by atoms with Crippen LogP contribution in [-0.4, -0.2) is 6.61 Å². The summed E-state index contributed by atoms with van der Waals surface area (Å²) in [6.07, 6.45) is -5.04. The van der Waals surface area contributed by atoms with Gasteiger partial charge in [-0.15, -0.1) is 0 Å². The highest BCUT2D eigenvalue weighted by Gasteiger charge is 2.38. The third-order valence-corrected chi connectivity index (χ3v) is 2.00. The van der Waals surface area contributed by atoms with Gasteiger partial charge in [-0.05, 0) is 23.8 Å². The standard InChI is InChI=1S/C9H6F4O/c10-5-1-2-7(9(11,12)13)6(3-5)8-4-14-8/h1-3,8H,4H2/t8-/m0/s1. The number of benzene rings is 1. The average Bonchev–Trinajstić information content (AvgIpc) is 2.83. The van der Waals surface area contributed by atoms with Crippen molar-refractivity contribution in [2.24, 2.45) is 0 Å². The topological polar surface area (TPSA) is 12.5 Å². The Balaban J connectivity index is 2.47. The summed E-state index contributed by atoms with van der Waals surface area (Å²) in [5, 5.41) is 0. The number of alkyl halides is 3. The lowest BCUT2D eigenvalue weighted by molar-refractivity contribution is -0.138. The highest BCUT2D eigenvalue weighted by atomic mass is 19.4. The molecule has 0 bridgehead atoms. The predicted molar refractivity (Wildman–Crippen MR) is 40.1 cm³/mol. The van der Waals surface area contributed by atoms with Gasteiger partial charge in [-0.25, -0.2) is 4.39 Å². The molecule has 0 spiro atoms. The van der Waals surface area contributed by atoms with Crippen molar-refractivity contribution in [1.82, 2.24) is 0 Å². The molecule has 1 aromatic rings. The Hall–Kier alpha value is -1.10. The largest absolute Gasteiger partial charge is 0.416 e. The summed E-state index contributed by atoms with van der Waals surface area (Å²) in [7, 11) is 0. The van der Waals surface area contributed by atoms with Crippen LogP contribution in [0.1, 0.15) is 17.2 Å². The highest BCUT2D eigenvalue weighted by molar-refractivity contribution is 5.33. The zero-order valence-corrected chi connectivity index (χ0v) is 6.94. The molecular formula is C9H6F4O. The van der Waals surface area contributed by atoms with Crippen LogP contribution in [0.2, 0.25) is 0 Å². The molecule has 1 fully saturated rings. The van der Waals surface area contributed by atoms with E-state index in [1.165, 1.54) is 0 Å². The van der Waals surface area contributed by atoms with E-state index in [-0.39, 0.29) is 12.2 Å². The molecule has 1 atom stereocenters. The quantitative estimate of drug-likeness (QED) is 0.508. The van der Waals surface area contributed by atoms with E-state index in [2.05, 4.69) is 0 Å². The molecule has 76 valence electrons. The predicted octanol–water partition coefficient (Wildman–Crippen LogP) is 2.92. The summed E-state index contributed by atoms with van der Waals surface area (Å²) in [6, 6.07) is 2.42. The van der Waals surface area contributed by atoms with Gasteiger partial charge in [0, 0.05) is 0 Å². The fourth-order valence-electron chi connectivity index (χ4n) is 1.29. The Bertz CT molecular complexity index is 354. The first kappa shape index (κ1) is 9.45. The van der Waals surface area contributed by atoms with Gasteiger partial charge in [0.1, 0.15) is 11.9 Å². The lowest BCUT2D eigenvalue weighted by atomic mass is 10.0. The van der Waals surface area contributed by atoms with Gasteiger partial charge in [0.2, 0.25) is 0 Å². The van der Waals surface area contributed by atoms with Crippen LogP contribution in [0.25, 0.3) is 0 Å². The Morgan fingerprint density at radius 3 is 2.43 bits per heavy atom. The van der Waals surface area contributed by atoms with E-state index in [4.69, 9.17) is 4.74 Å². The van der Waals surface area contributed by atoms with Crippen LogP contribution in [0.3, 0.4) is 0 Å². The average molecular weight is 206 g/mol. The second-order valence-corrected chi connectivity index (χ2v) is 3.05. The Morgan fingerprint density at radius 2 is 1.93 bits per heavy atom. The number of halogens is 4. The molecule has 1 aromatic carbocycles. The molecule has 0 aromatic heterocycles. The minimum atomic E-state index is -4.45. The van der Waals surface area contributed by atoms with E-state index < -0.39 is 23.7 Å². The van der Waals surface area contributed by atoms with Crippen LogP contribution < -0.4 is 0 Å². The minimum absolute atomic E-state index is 0.113. The first-order valence-electron chi connectivity index (χ1n) is 3.97. The number of epoxide rings is 1. The van der Waals surface area contributed by atoms with E-state index in [0.717, 1.165) is 18.2 Å². The number of rotatable bonds is 1. The van der Waals surface area contributed by atoms with Crippen LogP contribution in [0.5, 0.6) is 0 Å². The van der Waals surface area contributed by atoms with Crippen molar-refractivity contribution < 1.29 is 22.3 Å². The second kappa shape index (κ2) is 2.95. The molecule has 0 amide bonds. The summed E-state index contributed by atoms with van der Waals surface area (Å²) in [5.41, 5.74) is -0.932. The van der Waals surface area contributed by atoms with E-state index in [1.807, 2.05) is 0 Å². The van der Waals surface area contributed by atoms with E-state index in [9.17, 15) is 17.6 Å². The molecule has 0 saturated carbocycles. The van der Waals surface area contributed by atoms with Crippen molar-refractivity contribution in [2.45, 2.75) is 12.3 Å². The summed E-state index contributed by atoms with van der Waals surface area (Å²) in [5.74, 6) is -0.677. The zero-order chi connectivity index (χ0) is 10.3.